The second-order valence-corrected chi connectivity index (χ2v) is 17.4. The summed E-state index contributed by atoms with van der Waals surface area (Å²) in [7, 11) is 3.72. The smallest absolute Gasteiger partial charge is 0.335 e. The van der Waals surface area contributed by atoms with Crippen molar-refractivity contribution < 1.29 is 14.7 Å². The summed E-state index contributed by atoms with van der Waals surface area (Å²) in [6.07, 6.45) is 13.4. The molecule has 6 rings (SSSR count). The zero-order valence-electron chi connectivity index (χ0n) is 29.3. The first kappa shape index (κ1) is 32.5. The van der Waals surface area contributed by atoms with Gasteiger partial charge in [-0.15, -0.1) is 0 Å². The lowest BCUT2D eigenvalue weighted by Gasteiger charge is -2.72. The summed E-state index contributed by atoms with van der Waals surface area (Å²) < 4.78 is 0. The summed E-state index contributed by atoms with van der Waals surface area (Å²) >= 11 is 0. The molecule has 0 radical (unpaired) electrons. The predicted molar refractivity (Wildman–Crippen MR) is 183 cm³/mol. The number of carbonyl (C=O) groups excluding carboxylic acids is 1. The fraction of sp³-hybridized carbons (Fsp3) is 0.700. The Morgan fingerprint density at radius 1 is 0.911 bits per heavy atom. The van der Waals surface area contributed by atoms with Gasteiger partial charge < -0.3 is 15.3 Å². The normalized spacial score (nSPS) is 41.5. The third kappa shape index (κ3) is 4.64. The van der Waals surface area contributed by atoms with E-state index in [1.54, 1.807) is 17.0 Å². The highest BCUT2D eigenvalue weighted by atomic mass is 16.4. The molecule has 0 spiro atoms. The summed E-state index contributed by atoms with van der Waals surface area (Å²) in [5.74, 6) is 2.24. The van der Waals surface area contributed by atoms with Crippen molar-refractivity contribution in [2.75, 3.05) is 20.6 Å². The van der Waals surface area contributed by atoms with Gasteiger partial charge in [0.05, 0.1) is 12.1 Å². The number of nitrogens with one attached hydrogen (secondary N) is 1. The van der Waals surface area contributed by atoms with E-state index in [1.165, 1.54) is 55.2 Å². The zero-order chi connectivity index (χ0) is 32.7. The molecule has 0 saturated heterocycles. The Balaban J connectivity index is 1.33. The average Bonchev–Trinajstić information content (AvgIpc) is 3.36. The summed E-state index contributed by atoms with van der Waals surface area (Å²) in [5.41, 5.74) is 5.03. The average molecular weight is 615 g/mol. The minimum absolute atomic E-state index is 0.0118. The fourth-order valence-electron chi connectivity index (χ4n) is 12.8. The number of likely N-dealkylation sites (N-methyl/N-ethyl adjacent to an activating group) is 1. The van der Waals surface area contributed by atoms with Gasteiger partial charge in [0, 0.05) is 19.6 Å². The molecule has 45 heavy (non-hydrogen) atoms. The van der Waals surface area contributed by atoms with Crippen molar-refractivity contribution in [1.82, 2.24) is 10.2 Å². The fourth-order valence-corrected chi connectivity index (χ4v) is 12.8. The third-order valence-corrected chi connectivity index (χ3v) is 15.2. The minimum atomic E-state index is -0.869. The van der Waals surface area contributed by atoms with Gasteiger partial charge in [0.1, 0.15) is 0 Å². The molecule has 2 N–H and O–H groups in total. The maximum absolute atomic E-state index is 12.8. The topological polar surface area (TPSA) is 69.6 Å². The highest BCUT2D eigenvalue weighted by Gasteiger charge is 2.70. The Morgan fingerprint density at radius 2 is 1.60 bits per heavy atom. The van der Waals surface area contributed by atoms with E-state index in [4.69, 9.17) is 0 Å². The van der Waals surface area contributed by atoms with Crippen molar-refractivity contribution >= 4 is 17.4 Å². The van der Waals surface area contributed by atoms with Gasteiger partial charge in [-0.25, -0.2) is 4.79 Å². The molecule has 4 fully saturated rings. The van der Waals surface area contributed by atoms with Gasteiger partial charge in [-0.3, -0.25) is 4.79 Å². The van der Waals surface area contributed by atoms with E-state index in [2.05, 4.69) is 59.5 Å². The highest BCUT2D eigenvalue weighted by Crippen LogP contribution is 2.76. The van der Waals surface area contributed by atoms with Gasteiger partial charge in [0.25, 0.3) is 0 Å². The number of hydrogen-bond acceptors (Lipinski definition) is 3. The van der Waals surface area contributed by atoms with Gasteiger partial charge in [-0.05, 0) is 139 Å². The van der Waals surface area contributed by atoms with Crippen molar-refractivity contribution in [3.63, 3.8) is 0 Å². The maximum Gasteiger partial charge on any atom is 0.335 e. The summed E-state index contributed by atoms with van der Waals surface area (Å²) in [5, 5.41) is 13.4. The Morgan fingerprint density at radius 3 is 2.22 bits per heavy atom. The van der Waals surface area contributed by atoms with Crippen LogP contribution < -0.4 is 5.32 Å². The second-order valence-electron chi connectivity index (χ2n) is 17.4. The molecule has 5 aliphatic carbocycles. The number of carbonyl (C=O) groups is 2. The van der Waals surface area contributed by atoms with E-state index < -0.39 is 5.97 Å². The number of rotatable bonds is 6. The Labute approximate surface area is 272 Å². The second kappa shape index (κ2) is 10.8. The van der Waals surface area contributed by atoms with Gasteiger partial charge in [0.2, 0.25) is 5.91 Å². The summed E-state index contributed by atoms with van der Waals surface area (Å²) in [4.78, 5) is 26.0. The Kier molecular flexibility index (Phi) is 7.83. The van der Waals surface area contributed by atoms with Crippen LogP contribution in [-0.2, 0) is 4.79 Å². The number of amides is 1. The third-order valence-electron chi connectivity index (χ3n) is 15.2. The first-order valence-electron chi connectivity index (χ1n) is 17.7. The Bertz CT molecular complexity index is 1410. The molecule has 5 aliphatic rings. The molecule has 9 unspecified atom stereocenters. The van der Waals surface area contributed by atoms with Gasteiger partial charge in [-0.1, -0.05) is 65.0 Å². The lowest BCUT2D eigenvalue weighted by atomic mass is 9.33. The number of benzene rings is 1. The molecule has 0 heterocycles. The van der Waals surface area contributed by atoms with Crippen LogP contribution >= 0.6 is 0 Å². The van der Waals surface area contributed by atoms with Crippen LogP contribution in [0.4, 0.5) is 0 Å². The molecule has 1 aromatic rings. The van der Waals surface area contributed by atoms with Crippen LogP contribution in [0.3, 0.4) is 0 Å². The van der Waals surface area contributed by atoms with Crippen LogP contribution in [0.2, 0.25) is 0 Å². The van der Waals surface area contributed by atoms with Crippen LogP contribution in [0.25, 0.3) is 5.57 Å². The number of nitrogens with zero attached hydrogens (tertiary/aromatic N) is 1. The van der Waals surface area contributed by atoms with E-state index in [9.17, 15) is 14.7 Å². The van der Waals surface area contributed by atoms with Crippen molar-refractivity contribution in [1.29, 1.82) is 0 Å². The van der Waals surface area contributed by atoms with Gasteiger partial charge in [0.15, 0.2) is 0 Å². The number of aromatic carboxylic acids is 1. The van der Waals surface area contributed by atoms with E-state index >= 15 is 0 Å². The number of carboxylic acids is 1. The molecular formula is C40H58N2O3. The quantitative estimate of drug-likeness (QED) is 0.316. The number of fused-ring (bicyclic) bond motifs is 7. The van der Waals surface area contributed by atoms with Crippen molar-refractivity contribution in [3.05, 3.63) is 53.6 Å². The molecule has 5 heteroatoms. The molecule has 0 bridgehead atoms. The SMILES string of the molecule is C=C(C)C1CCC2(NCC(=O)N(C)C)CCC3(C)C(CCC4C5(C)CC=C(c6ccc(C(=O)O)cc6)C(C)(C)C5CCC43C)C12. The van der Waals surface area contributed by atoms with E-state index in [1.807, 2.05) is 26.2 Å². The highest BCUT2D eigenvalue weighted by molar-refractivity contribution is 5.88. The number of carboxylic acid groups (broad SMARTS) is 1. The zero-order valence-corrected chi connectivity index (χ0v) is 29.3. The van der Waals surface area contributed by atoms with E-state index in [0.29, 0.717) is 41.7 Å². The maximum atomic E-state index is 12.8. The lowest BCUT2D eigenvalue weighted by Crippen LogP contribution is -2.68. The van der Waals surface area contributed by atoms with Crippen LogP contribution in [0, 0.1) is 51.2 Å². The van der Waals surface area contributed by atoms with Gasteiger partial charge in [-0.2, -0.15) is 0 Å². The van der Waals surface area contributed by atoms with Crippen LogP contribution in [0.15, 0.2) is 42.5 Å². The Hall–Kier alpha value is -2.40. The lowest BCUT2D eigenvalue weighted by molar-refractivity contribution is -0.219. The predicted octanol–water partition coefficient (Wildman–Crippen LogP) is 8.47. The van der Waals surface area contributed by atoms with Gasteiger partial charge >= 0.3 is 5.97 Å². The van der Waals surface area contributed by atoms with Crippen molar-refractivity contribution in [3.8, 4) is 0 Å². The molecule has 9 atom stereocenters. The molecule has 5 nitrogen and oxygen atoms in total. The molecule has 246 valence electrons. The van der Waals surface area contributed by atoms with Crippen LogP contribution in [0.5, 0.6) is 0 Å². The molecule has 1 amide bonds. The molecule has 1 aromatic carbocycles. The standard InChI is InChI=1S/C40H58N2O3/c1-25(2)28-16-21-40(41-24-33(43)42(8)9)23-22-38(6)30(34(28)40)14-15-32-37(5)19-17-29(26-10-12-27(13-11-26)35(44)45)36(3,4)31(37)18-20-39(32,38)7/h10-13,17,28,30-32,34,41H,1,14-16,18-24H2,2-9H3,(H,44,45). The monoisotopic (exact) mass is 614 g/mol. The molecule has 0 aliphatic heterocycles. The van der Waals surface area contributed by atoms with Crippen molar-refractivity contribution in [2.45, 2.75) is 105 Å². The number of allylic oxidation sites excluding steroid dienone is 3. The first-order chi connectivity index (χ1) is 21.0. The molecular weight excluding hydrogens is 556 g/mol. The largest absolute Gasteiger partial charge is 0.478 e. The molecule has 4 saturated carbocycles. The minimum Gasteiger partial charge on any atom is -0.478 e. The van der Waals surface area contributed by atoms with Crippen LogP contribution in [0.1, 0.15) is 115 Å². The molecule has 0 aromatic heterocycles. The summed E-state index contributed by atoms with van der Waals surface area (Å²) in [6, 6.07) is 7.57. The van der Waals surface area contributed by atoms with E-state index in [-0.39, 0.29) is 33.1 Å². The number of hydrogen-bond donors (Lipinski definition) is 2. The van der Waals surface area contributed by atoms with E-state index in [0.717, 1.165) is 19.3 Å². The van der Waals surface area contributed by atoms with Crippen LogP contribution in [-0.4, -0.2) is 48.1 Å². The summed E-state index contributed by atoms with van der Waals surface area (Å²) in [6.45, 7) is 20.1. The first-order valence-corrected chi connectivity index (χ1v) is 17.7. The van der Waals surface area contributed by atoms with Crippen molar-refractivity contribution in [2.24, 2.45) is 51.2 Å².